The second kappa shape index (κ2) is 5.28. The molecule has 1 aliphatic heterocycles. The Bertz CT molecular complexity index is 648. The van der Waals surface area contributed by atoms with Gasteiger partial charge in [0.25, 0.3) is 0 Å². The number of hydrogen-bond donors (Lipinski definition) is 0. The number of ether oxygens (including phenoxy) is 1. The number of aryl methyl sites for hydroxylation is 1. The highest BCUT2D eigenvalue weighted by Gasteiger charge is 2.25. The Labute approximate surface area is 122 Å². The molecule has 3 rings (SSSR count). The highest BCUT2D eigenvalue weighted by molar-refractivity contribution is 8.00. The van der Waals surface area contributed by atoms with Crippen molar-refractivity contribution in [1.29, 1.82) is 0 Å². The van der Waals surface area contributed by atoms with Gasteiger partial charge in [-0.25, -0.2) is 0 Å². The zero-order valence-corrected chi connectivity index (χ0v) is 12.5. The first-order valence-corrected chi connectivity index (χ1v) is 7.45. The quantitative estimate of drug-likeness (QED) is 0.871. The summed E-state index contributed by atoms with van der Waals surface area (Å²) in [5.41, 5.74) is 2.15. The summed E-state index contributed by atoms with van der Waals surface area (Å²) in [6.07, 6.45) is 0.821. The van der Waals surface area contributed by atoms with E-state index in [1.807, 2.05) is 28.9 Å². The average Bonchev–Trinajstić information content (AvgIpc) is 2.88. The van der Waals surface area contributed by atoms with Gasteiger partial charge in [-0.15, -0.1) is 10.2 Å². The fraction of sp³-hybridized carbons (Fsp3) is 0.357. The molecule has 0 unspecified atom stereocenters. The average molecular weight is 288 g/mol. The number of thioether (sulfide) groups is 1. The van der Waals surface area contributed by atoms with E-state index in [1.165, 1.54) is 0 Å². The third-order valence-corrected chi connectivity index (χ3v) is 4.30. The first-order chi connectivity index (χ1) is 9.72. The Morgan fingerprint density at radius 2 is 2.00 bits per heavy atom. The van der Waals surface area contributed by atoms with Gasteiger partial charge in [0, 0.05) is 6.42 Å². The van der Waals surface area contributed by atoms with Gasteiger partial charge in [-0.1, -0.05) is 18.7 Å². The SMILES string of the molecule is CCc1nnc2n1N=C(c1ccc(OC)cc1)[C@H](C)S2. The van der Waals surface area contributed by atoms with Crippen LogP contribution in [0, 0.1) is 0 Å². The zero-order valence-electron chi connectivity index (χ0n) is 11.7. The lowest BCUT2D eigenvalue weighted by molar-refractivity contribution is 0.415. The molecule has 6 heteroatoms. The molecular formula is C14H16N4OS. The molecule has 1 atom stereocenters. The van der Waals surface area contributed by atoms with Crippen LogP contribution in [0.1, 0.15) is 25.2 Å². The van der Waals surface area contributed by atoms with E-state index in [0.29, 0.717) is 0 Å². The summed E-state index contributed by atoms with van der Waals surface area (Å²) in [5.74, 6) is 1.75. The monoisotopic (exact) mass is 288 g/mol. The van der Waals surface area contributed by atoms with E-state index in [9.17, 15) is 0 Å². The molecule has 2 aromatic rings. The van der Waals surface area contributed by atoms with Crippen LogP contribution in [0.4, 0.5) is 0 Å². The van der Waals surface area contributed by atoms with Gasteiger partial charge in [-0.05, 0) is 36.8 Å². The first kappa shape index (κ1) is 13.2. The van der Waals surface area contributed by atoms with Crippen LogP contribution in [-0.4, -0.2) is 32.9 Å². The van der Waals surface area contributed by atoms with Crippen LogP contribution in [0.25, 0.3) is 0 Å². The molecule has 104 valence electrons. The van der Waals surface area contributed by atoms with Crippen molar-refractivity contribution in [2.24, 2.45) is 5.10 Å². The van der Waals surface area contributed by atoms with E-state index < -0.39 is 0 Å². The van der Waals surface area contributed by atoms with Gasteiger partial charge in [0.05, 0.1) is 18.1 Å². The number of rotatable bonds is 3. The molecule has 0 saturated carbocycles. The number of aromatic nitrogens is 3. The molecule has 0 N–H and O–H groups in total. The number of methoxy groups -OCH3 is 1. The number of fused-ring (bicyclic) bond motifs is 1. The summed E-state index contributed by atoms with van der Waals surface area (Å²) in [7, 11) is 1.67. The Hall–Kier alpha value is -1.82. The van der Waals surface area contributed by atoms with Crippen LogP contribution < -0.4 is 4.74 Å². The molecule has 1 aromatic carbocycles. The van der Waals surface area contributed by atoms with E-state index in [1.54, 1.807) is 18.9 Å². The van der Waals surface area contributed by atoms with Crippen molar-refractivity contribution in [2.75, 3.05) is 7.11 Å². The predicted molar refractivity (Wildman–Crippen MR) is 79.6 cm³/mol. The molecule has 0 fully saturated rings. The molecule has 1 aliphatic rings. The molecular weight excluding hydrogens is 272 g/mol. The Morgan fingerprint density at radius 1 is 1.25 bits per heavy atom. The van der Waals surface area contributed by atoms with Crippen LogP contribution >= 0.6 is 11.8 Å². The van der Waals surface area contributed by atoms with Crippen molar-refractivity contribution in [3.05, 3.63) is 35.7 Å². The highest BCUT2D eigenvalue weighted by Crippen LogP contribution is 2.30. The van der Waals surface area contributed by atoms with E-state index in [4.69, 9.17) is 9.84 Å². The second-order valence-electron chi connectivity index (χ2n) is 4.54. The maximum atomic E-state index is 5.19. The largest absolute Gasteiger partial charge is 0.497 e. The number of benzene rings is 1. The van der Waals surface area contributed by atoms with Crippen LogP contribution in [0.3, 0.4) is 0 Å². The Morgan fingerprint density at radius 3 is 2.65 bits per heavy atom. The lowest BCUT2D eigenvalue weighted by atomic mass is 10.1. The van der Waals surface area contributed by atoms with Crippen LogP contribution in [0.15, 0.2) is 34.5 Å². The minimum atomic E-state index is 0.254. The molecule has 0 spiro atoms. The molecule has 0 amide bonds. The summed E-state index contributed by atoms with van der Waals surface area (Å²) in [6.45, 7) is 4.19. The Balaban J connectivity index is 2.03. The van der Waals surface area contributed by atoms with Crippen molar-refractivity contribution in [2.45, 2.75) is 30.7 Å². The Kier molecular flexibility index (Phi) is 3.48. The third-order valence-electron chi connectivity index (χ3n) is 3.25. The van der Waals surface area contributed by atoms with Gasteiger partial charge in [0.1, 0.15) is 5.75 Å². The molecule has 1 aromatic heterocycles. The van der Waals surface area contributed by atoms with E-state index in [0.717, 1.165) is 34.4 Å². The minimum Gasteiger partial charge on any atom is -0.497 e. The number of hydrogen-bond acceptors (Lipinski definition) is 5. The van der Waals surface area contributed by atoms with Gasteiger partial charge in [-0.3, -0.25) is 0 Å². The smallest absolute Gasteiger partial charge is 0.212 e. The normalized spacial score (nSPS) is 17.6. The van der Waals surface area contributed by atoms with Crippen molar-refractivity contribution < 1.29 is 4.74 Å². The fourth-order valence-electron chi connectivity index (χ4n) is 2.15. The maximum Gasteiger partial charge on any atom is 0.212 e. The van der Waals surface area contributed by atoms with Crippen LogP contribution in [0.5, 0.6) is 5.75 Å². The third kappa shape index (κ3) is 2.20. The molecule has 0 bridgehead atoms. The van der Waals surface area contributed by atoms with Gasteiger partial charge in [0.2, 0.25) is 5.16 Å². The molecule has 0 radical (unpaired) electrons. The van der Waals surface area contributed by atoms with Gasteiger partial charge in [-0.2, -0.15) is 9.78 Å². The van der Waals surface area contributed by atoms with Crippen molar-refractivity contribution >= 4 is 17.5 Å². The van der Waals surface area contributed by atoms with E-state index in [-0.39, 0.29) is 5.25 Å². The van der Waals surface area contributed by atoms with Crippen molar-refractivity contribution in [3.63, 3.8) is 0 Å². The molecule has 5 nitrogen and oxygen atoms in total. The van der Waals surface area contributed by atoms with E-state index in [2.05, 4.69) is 24.0 Å². The first-order valence-electron chi connectivity index (χ1n) is 6.57. The van der Waals surface area contributed by atoms with Gasteiger partial charge in [0.15, 0.2) is 5.82 Å². The number of nitrogens with zero attached hydrogens (tertiary/aromatic N) is 4. The lowest BCUT2D eigenvalue weighted by Gasteiger charge is -2.19. The van der Waals surface area contributed by atoms with Gasteiger partial charge < -0.3 is 4.74 Å². The van der Waals surface area contributed by atoms with Gasteiger partial charge >= 0.3 is 0 Å². The lowest BCUT2D eigenvalue weighted by Crippen LogP contribution is -2.22. The molecule has 0 aliphatic carbocycles. The second-order valence-corrected chi connectivity index (χ2v) is 5.85. The standard InChI is InChI=1S/C14H16N4OS/c1-4-12-15-16-14-18(12)17-13(9(2)20-14)10-5-7-11(19-3)8-6-10/h5-9H,4H2,1-3H3/t9-/m0/s1. The summed E-state index contributed by atoms with van der Waals surface area (Å²) >= 11 is 1.69. The van der Waals surface area contributed by atoms with Crippen LogP contribution in [0.2, 0.25) is 0 Å². The summed E-state index contributed by atoms with van der Waals surface area (Å²) in [5, 5.41) is 14.2. The van der Waals surface area contributed by atoms with Crippen molar-refractivity contribution in [3.8, 4) is 5.75 Å². The molecule has 2 heterocycles. The minimum absolute atomic E-state index is 0.254. The summed E-state index contributed by atoms with van der Waals surface area (Å²) in [4.78, 5) is 0. The van der Waals surface area contributed by atoms with Crippen LogP contribution in [-0.2, 0) is 6.42 Å². The van der Waals surface area contributed by atoms with E-state index >= 15 is 0 Å². The fourth-order valence-corrected chi connectivity index (χ4v) is 3.09. The predicted octanol–water partition coefficient (Wildman–Crippen LogP) is 2.60. The topological polar surface area (TPSA) is 52.3 Å². The zero-order chi connectivity index (χ0) is 14.1. The highest BCUT2D eigenvalue weighted by atomic mass is 32.2. The summed E-state index contributed by atoms with van der Waals surface area (Å²) < 4.78 is 7.04. The summed E-state index contributed by atoms with van der Waals surface area (Å²) in [6, 6.07) is 7.99. The maximum absolute atomic E-state index is 5.19. The molecule has 0 saturated heterocycles. The molecule has 20 heavy (non-hydrogen) atoms. The van der Waals surface area contributed by atoms with Crippen molar-refractivity contribution in [1.82, 2.24) is 14.9 Å².